The van der Waals surface area contributed by atoms with E-state index in [9.17, 15) is 4.79 Å². The van der Waals surface area contributed by atoms with Crippen molar-refractivity contribution in [3.05, 3.63) is 36.2 Å². The largest absolute Gasteiger partial charge is 0.353 e. The maximum absolute atomic E-state index is 11.0. The van der Waals surface area contributed by atoms with Crippen LogP contribution in [0.4, 0.5) is 11.6 Å². The van der Waals surface area contributed by atoms with E-state index in [1.54, 1.807) is 0 Å². The summed E-state index contributed by atoms with van der Waals surface area (Å²) in [4.78, 5) is 15.5. The molecule has 2 N–H and O–H groups in total. The van der Waals surface area contributed by atoms with Gasteiger partial charge in [0.2, 0.25) is 11.9 Å². The number of hydrogen-bond donors (Lipinski definition) is 2. The monoisotopic (exact) mass is 272 g/mol. The normalized spacial score (nSPS) is 10.7. The molecule has 0 bridgehead atoms. The van der Waals surface area contributed by atoms with Gasteiger partial charge in [-0.15, -0.1) is 0 Å². The highest BCUT2D eigenvalue weighted by atomic mass is 16.1. The van der Waals surface area contributed by atoms with Crippen LogP contribution in [0.15, 0.2) is 30.5 Å². The lowest BCUT2D eigenvalue weighted by atomic mass is 10.2. The van der Waals surface area contributed by atoms with E-state index in [4.69, 9.17) is 0 Å². The minimum absolute atomic E-state index is 0.0709. The number of aromatic nitrogens is 2. The molecule has 0 aliphatic heterocycles. The standard InChI is InChI=1S/C15H20N4O/c1-10(2)16-15-17-11(3)9-19(15)14-7-5-13(6-8-14)18-12(4)20/h5-10H,1-4H3,(H,16,17)(H,18,20). The Balaban J connectivity index is 2.29. The van der Waals surface area contributed by atoms with Crippen molar-refractivity contribution in [1.82, 2.24) is 9.55 Å². The summed E-state index contributed by atoms with van der Waals surface area (Å²) in [6.45, 7) is 7.62. The van der Waals surface area contributed by atoms with Gasteiger partial charge in [-0.2, -0.15) is 0 Å². The Kier molecular flexibility index (Phi) is 4.08. The highest BCUT2D eigenvalue weighted by molar-refractivity contribution is 5.88. The first-order valence-electron chi connectivity index (χ1n) is 6.66. The van der Waals surface area contributed by atoms with Gasteiger partial charge in [-0.1, -0.05) is 0 Å². The summed E-state index contributed by atoms with van der Waals surface area (Å²) in [6.07, 6.45) is 1.98. The van der Waals surface area contributed by atoms with Gasteiger partial charge < -0.3 is 10.6 Å². The number of hydrogen-bond acceptors (Lipinski definition) is 3. The molecule has 106 valence electrons. The van der Waals surface area contributed by atoms with Crippen molar-refractivity contribution in [3.63, 3.8) is 0 Å². The fourth-order valence-corrected chi connectivity index (χ4v) is 1.96. The summed E-state index contributed by atoms with van der Waals surface area (Å²) in [5.41, 5.74) is 2.75. The first kappa shape index (κ1) is 14.1. The predicted octanol–water partition coefficient (Wildman–Crippen LogP) is 2.96. The average molecular weight is 272 g/mol. The predicted molar refractivity (Wildman–Crippen MR) is 81.4 cm³/mol. The van der Waals surface area contributed by atoms with E-state index in [0.29, 0.717) is 6.04 Å². The molecule has 5 nitrogen and oxygen atoms in total. The van der Waals surface area contributed by atoms with E-state index in [0.717, 1.165) is 23.0 Å². The van der Waals surface area contributed by atoms with Gasteiger partial charge in [-0.05, 0) is 45.0 Å². The van der Waals surface area contributed by atoms with Crippen LogP contribution in [0.2, 0.25) is 0 Å². The van der Waals surface area contributed by atoms with Gasteiger partial charge in [-0.25, -0.2) is 4.98 Å². The number of anilines is 2. The summed E-state index contributed by atoms with van der Waals surface area (Å²) in [5, 5.41) is 6.08. The molecule has 5 heteroatoms. The van der Waals surface area contributed by atoms with Gasteiger partial charge in [0.25, 0.3) is 0 Å². The second-order valence-corrected chi connectivity index (χ2v) is 5.10. The summed E-state index contributed by atoms with van der Waals surface area (Å²) in [6, 6.07) is 7.99. The van der Waals surface area contributed by atoms with Crippen LogP contribution < -0.4 is 10.6 Å². The zero-order chi connectivity index (χ0) is 14.7. The zero-order valence-corrected chi connectivity index (χ0v) is 12.3. The Hall–Kier alpha value is -2.30. The molecular weight excluding hydrogens is 252 g/mol. The van der Waals surface area contributed by atoms with Crippen LogP contribution in [0.1, 0.15) is 26.5 Å². The van der Waals surface area contributed by atoms with Crippen LogP contribution in [-0.2, 0) is 4.79 Å². The molecule has 0 spiro atoms. The van der Waals surface area contributed by atoms with Gasteiger partial charge in [0, 0.05) is 30.5 Å². The SMILES string of the molecule is CC(=O)Nc1ccc(-n2cc(C)nc2NC(C)C)cc1. The number of nitrogens with one attached hydrogen (secondary N) is 2. The fourth-order valence-electron chi connectivity index (χ4n) is 1.96. The number of carbonyl (C=O) groups is 1. The van der Waals surface area contributed by atoms with E-state index in [2.05, 4.69) is 29.5 Å². The van der Waals surface area contributed by atoms with E-state index < -0.39 is 0 Å². The van der Waals surface area contributed by atoms with Crippen molar-refractivity contribution >= 4 is 17.5 Å². The number of aryl methyl sites for hydroxylation is 1. The molecule has 0 fully saturated rings. The third-order valence-electron chi connectivity index (χ3n) is 2.71. The zero-order valence-electron chi connectivity index (χ0n) is 12.3. The lowest BCUT2D eigenvalue weighted by molar-refractivity contribution is -0.114. The Morgan fingerprint density at radius 1 is 1.25 bits per heavy atom. The maximum atomic E-state index is 11.0. The number of benzene rings is 1. The molecule has 0 unspecified atom stereocenters. The number of imidazole rings is 1. The topological polar surface area (TPSA) is 59.0 Å². The summed E-state index contributed by atoms with van der Waals surface area (Å²) >= 11 is 0. The van der Waals surface area contributed by atoms with Crippen molar-refractivity contribution in [2.45, 2.75) is 33.7 Å². The molecule has 20 heavy (non-hydrogen) atoms. The number of carbonyl (C=O) groups excluding carboxylic acids is 1. The van der Waals surface area contributed by atoms with Gasteiger partial charge in [-0.3, -0.25) is 9.36 Å². The summed E-state index contributed by atoms with van der Waals surface area (Å²) in [5.74, 6) is 0.753. The Labute approximate surface area is 119 Å². The van der Waals surface area contributed by atoms with Gasteiger partial charge >= 0.3 is 0 Å². The van der Waals surface area contributed by atoms with Crippen molar-refractivity contribution in [1.29, 1.82) is 0 Å². The second kappa shape index (κ2) is 5.77. The molecule has 0 saturated heterocycles. The molecule has 0 aliphatic rings. The molecule has 0 aliphatic carbocycles. The first-order valence-corrected chi connectivity index (χ1v) is 6.66. The van der Waals surface area contributed by atoms with E-state index in [1.165, 1.54) is 6.92 Å². The smallest absolute Gasteiger partial charge is 0.221 e. The van der Waals surface area contributed by atoms with Crippen molar-refractivity contribution in [3.8, 4) is 5.69 Å². The number of rotatable bonds is 4. The second-order valence-electron chi connectivity index (χ2n) is 5.10. The van der Waals surface area contributed by atoms with E-state index in [-0.39, 0.29) is 5.91 Å². The minimum atomic E-state index is -0.0709. The lowest BCUT2D eigenvalue weighted by Gasteiger charge is -2.12. The van der Waals surface area contributed by atoms with Crippen molar-refractivity contribution in [2.75, 3.05) is 10.6 Å². The highest BCUT2D eigenvalue weighted by Crippen LogP contribution is 2.19. The van der Waals surface area contributed by atoms with E-state index in [1.807, 2.05) is 42.0 Å². The first-order chi connectivity index (χ1) is 9.45. The summed E-state index contributed by atoms with van der Waals surface area (Å²) < 4.78 is 2.01. The fraction of sp³-hybridized carbons (Fsp3) is 0.333. The Morgan fingerprint density at radius 2 is 1.90 bits per heavy atom. The van der Waals surface area contributed by atoms with Crippen LogP contribution in [0.5, 0.6) is 0 Å². The van der Waals surface area contributed by atoms with Crippen LogP contribution in [0, 0.1) is 6.92 Å². The van der Waals surface area contributed by atoms with Crippen LogP contribution in [0.3, 0.4) is 0 Å². The number of amides is 1. The molecule has 0 saturated carbocycles. The number of nitrogens with zero attached hydrogens (tertiary/aromatic N) is 2. The van der Waals surface area contributed by atoms with Crippen LogP contribution in [-0.4, -0.2) is 21.5 Å². The van der Waals surface area contributed by atoms with Crippen LogP contribution >= 0.6 is 0 Å². The van der Waals surface area contributed by atoms with Crippen molar-refractivity contribution in [2.24, 2.45) is 0 Å². The van der Waals surface area contributed by atoms with Crippen LogP contribution in [0.25, 0.3) is 5.69 Å². The third-order valence-corrected chi connectivity index (χ3v) is 2.71. The van der Waals surface area contributed by atoms with E-state index >= 15 is 0 Å². The Morgan fingerprint density at radius 3 is 2.45 bits per heavy atom. The molecule has 1 aromatic heterocycles. The third kappa shape index (κ3) is 3.38. The molecule has 1 amide bonds. The van der Waals surface area contributed by atoms with Crippen molar-refractivity contribution < 1.29 is 4.79 Å². The minimum Gasteiger partial charge on any atom is -0.353 e. The molecule has 2 rings (SSSR count). The lowest BCUT2D eigenvalue weighted by Crippen LogP contribution is -2.14. The molecule has 1 heterocycles. The highest BCUT2D eigenvalue weighted by Gasteiger charge is 2.08. The molecule has 0 atom stereocenters. The maximum Gasteiger partial charge on any atom is 0.221 e. The molecular formula is C15H20N4O. The quantitative estimate of drug-likeness (QED) is 0.899. The summed E-state index contributed by atoms with van der Waals surface area (Å²) in [7, 11) is 0. The molecule has 2 aromatic rings. The van der Waals surface area contributed by atoms with Gasteiger partial charge in [0.05, 0.1) is 5.69 Å². The van der Waals surface area contributed by atoms with Gasteiger partial charge in [0.15, 0.2) is 0 Å². The average Bonchev–Trinajstić information content (AvgIpc) is 2.69. The molecule has 1 aromatic carbocycles. The van der Waals surface area contributed by atoms with Gasteiger partial charge in [0.1, 0.15) is 0 Å². The Bertz CT molecular complexity index is 599. The molecule has 0 radical (unpaired) electrons.